The number of aryl methyl sites for hydroxylation is 2. The summed E-state index contributed by atoms with van der Waals surface area (Å²) in [5.74, 6) is 0. The molecule has 0 unspecified atom stereocenters. The van der Waals surface area contributed by atoms with Gasteiger partial charge in [-0.25, -0.2) is 0 Å². The highest BCUT2D eigenvalue weighted by Crippen LogP contribution is 2.18. The van der Waals surface area contributed by atoms with Crippen molar-refractivity contribution in [3.63, 3.8) is 0 Å². The van der Waals surface area contributed by atoms with Crippen molar-refractivity contribution in [3.05, 3.63) is 53.3 Å². The zero-order valence-electron chi connectivity index (χ0n) is 12.6. The molecule has 108 valence electrons. The lowest BCUT2D eigenvalue weighted by molar-refractivity contribution is 0.194. The molecule has 1 aromatic carbocycles. The van der Waals surface area contributed by atoms with Crippen LogP contribution in [-0.2, 0) is 11.3 Å². The first-order valence-electron chi connectivity index (χ1n) is 7.16. The standard InChI is InChI=1S/C17H24N2O/c1-14-7-8-15(2)17(12-14)19-10-4-6-16(19)13-18-9-5-11-20-3/h4,6-8,10,12,18H,5,9,11,13H2,1-3H3. The Morgan fingerprint density at radius 1 is 1.20 bits per heavy atom. The van der Waals surface area contributed by atoms with Crippen molar-refractivity contribution in [2.75, 3.05) is 20.3 Å². The Morgan fingerprint density at radius 3 is 2.85 bits per heavy atom. The Balaban J connectivity index is 2.06. The summed E-state index contributed by atoms with van der Waals surface area (Å²) in [5.41, 5.74) is 5.14. The van der Waals surface area contributed by atoms with Crippen molar-refractivity contribution < 1.29 is 4.74 Å². The molecule has 0 amide bonds. The van der Waals surface area contributed by atoms with Crippen molar-refractivity contribution in [2.45, 2.75) is 26.8 Å². The number of rotatable bonds is 7. The molecule has 1 heterocycles. The molecule has 0 fully saturated rings. The largest absolute Gasteiger partial charge is 0.385 e. The molecule has 0 bridgehead atoms. The molecule has 3 nitrogen and oxygen atoms in total. The normalized spacial score (nSPS) is 10.9. The van der Waals surface area contributed by atoms with E-state index < -0.39 is 0 Å². The molecule has 0 saturated carbocycles. The molecule has 0 aliphatic rings. The van der Waals surface area contributed by atoms with Gasteiger partial charge in [-0.05, 0) is 56.1 Å². The molecule has 0 saturated heterocycles. The molecular formula is C17H24N2O. The van der Waals surface area contributed by atoms with E-state index in [1.54, 1.807) is 7.11 Å². The summed E-state index contributed by atoms with van der Waals surface area (Å²) >= 11 is 0. The van der Waals surface area contributed by atoms with Crippen LogP contribution in [0.15, 0.2) is 36.5 Å². The lowest BCUT2D eigenvalue weighted by Crippen LogP contribution is -2.18. The second-order valence-electron chi connectivity index (χ2n) is 5.18. The van der Waals surface area contributed by atoms with Crippen molar-refractivity contribution in [2.24, 2.45) is 0 Å². The third kappa shape index (κ3) is 3.71. The molecule has 1 aromatic heterocycles. The first-order valence-corrected chi connectivity index (χ1v) is 7.16. The van der Waals surface area contributed by atoms with Gasteiger partial charge in [0.2, 0.25) is 0 Å². The van der Waals surface area contributed by atoms with Crippen LogP contribution in [0.5, 0.6) is 0 Å². The van der Waals surface area contributed by atoms with Crippen molar-refractivity contribution in [1.82, 2.24) is 9.88 Å². The third-order valence-electron chi connectivity index (χ3n) is 3.47. The fourth-order valence-corrected chi connectivity index (χ4v) is 2.33. The zero-order valence-corrected chi connectivity index (χ0v) is 12.6. The molecule has 20 heavy (non-hydrogen) atoms. The van der Waals surface area contributed by atoms with Gasteiger partial charge in [0.15, 0.2) is 0 Å². The maximum atomic E-state index is 5.06. The van der Waals surface area contributed by atoms with Gasteiger partial charge < -0.3 is 14.6 Å². The summed E-state index contributed by atoms with van der Waals surface area (Å²) in [6.07, 6.45) is 3.18. The van der Waals surface area contributed by atoms with Crippen molar-refractivity contribution in [3.8, 4) is 5.69 Å². The molecular weight excluding hydrogens is 248 g/mol. The lowest BCUT2D eigenvalue weighted by Gasteiger charge is -2.13. The van der Waals surface area contributed by atoms with Crippen molar-refractivity contribution >= 4 is 0 Å². The van der Waals surface area contributed by atoms with Crippen LogP contribution in [0.2, 0.25) is 0 Å². The van der Waals surface area contributed by atoms with Crippen LogP contribution in [0.4, 0.5) is 0 Å². The summed E-state index contributed by atoms with van der Waals surface area (Å²) < 4.78 is 7.33. The SMILES string of the molecule is COCCCNCc1cccn1-c1cc(C)ccc1C. The Morgan fingerprint density at radius 2 is 2.05 bits per heavy atom. The number of hydrogen-bond donors (Lipinski definition) is 1. The average Bonchev–Trinajstić information content (AvgIpc) is 2.89. The fraction of sp³-hybridized carbons (Fsp3) is 0.412. The minimum absolute atomic E-state index is 0.811. The maximum Gasteiger partial charge on any atom is 0.0484 e. The van der Waals surface area contributed by atoms with Crippen LogP contribution in [0.1, 0.15) is 23.2 Å². The summed E-state index contributed by atoms with van der Waals surface area (Å²) in [6, 6.07) is 10.9. The summed E-state index contributed by atoms with van der Waals surface area (Å²) in [7, 11) is 1.74. The van der Waals surface area contributed by atoms with Crippen molar-refractivity contribution in [1.29, 1.82) is 0 Å². The molecule has 0 spiro atoms. The number of methoxy groups -OCH3 is 1. The Kier molecular flexibility index (Phi) is 5.39. The smallest absolute Gasteiger partial charge is 0.0484 e. The van der Waals surface area contributed by atoms with Gasteiger partial charge in [-0.2, -0.15) is 0 Å². The number of aromatic nitrogens is 1. The Labute approximate surface area is 121 Å². The quantitative estimate of drug-likeness (QED) is 0.783. The van der Waals surface area contributed by atoms with E-state index in [0.29, 0.717) is 0 Å². The second kappa shape index (κ2) is 7.27. The van der Waals surface area contributed by atoms with Gasteiger partial charge in [0.25, 0.3) is 0 Å². The Bertz CT molecular complexity index is 546. The summed E-state index contributed by atoms with van der Waals surface area (Å²) in [6.45, 7) is 6.96. The average molecular weight is 272 g/mol. The molecule has 2 rings (SSSR count). The highest BCUT2D eigenvalue weighted by Gasteiger charge is 2.06. The van der Waals surface area contributed by atoms with E-state index in [9.17, 15) is 0 Å². The number of hydrogen-bond acceptors (Lipinski definition) is 2. The minimum atomic E-state index is 0.811. The van der Waals surface area contributed by atoms with Crippen LogP contribution < -0.4 is 5.32 Å². The molecule has 3 heteroatoms. The van der Waals surface area contributed by atoms with E-state index in [-0.39, 0.29) is 0 Å². The molecule has 2 aromatic rings. The van der Waals surface area contributed by atoms with E-state index in [0.717, 1.165) is 26.1 Å². The molecule has 0 atom stereocenters. The van der Waals surface area contributed by atoms with Crippen LogP contribution in [0.25, 0.3) is 5.69 Å². The Hall–Kier alpha value is -1.58. The monoisotopic (exact) mass is 272 g/mol. The topological polar surface area (TPSA) is 26.2 Å². The van der Waals surface area contributed by atoms with Gasteiger partial charge in [-0.3, -0.25) is 0 Å². The van der Waals surface area contributed by atoms with Gasteiger partial charge in [-0.1, -0.05) is 12.1 Å². The van der Waals surface area contributed by atoms with Gasteiger partial charge in [-0.15, -0.1) is 0 Å². The van der Waals surface area contributed by atoms with Gasteiger partial charge >= 0.3 is 0 Å². The number of ether oxygens (including phenoxy) is 1. The van der Waals surface area contributed by atoms with E-state index in [1.807, 2.05) is 0 Å². The highest BCUT2D eigenvalue weighted by atomic mass is 16.5. The lowest BCUT2D eigenvalue weighted by atomic mass is 10.1. The predicted octanol–water partition coefficient (Wildman–Crippen LogP) is 3.22. The first kappa shape index (κ1) is 14.8. The van der Waals surface area contributed by atoms with Crippen LogP contribution in [0.3, 0.4) is 0 Å². The minimum Gasteiger partial charge on any atom is -0.385 e. The fourth-order valence-electron chi connectivity index (χ4n) is 2.33. The summed E-state index contributed by atoms with van der Waals surface area (Å²) in [5, 5.41) is 3.47. The molecule has 1 N–H and O–H groups in total. The van der Waals surface area contributed by atoms with Crippen LogP contribution in [-0.4, -0.2) is 24.8 Å². The predicted molar refractivity (Wildman–Crippen MR) is 83.4 cm³/mol. The zero-order chi connectivity index (χ0) is 14.4. The number of nitrogens with zero attached hydrogens (tertiary/aromatic N) is 1. The van der Waals surface area contributed by atoms with E-state index in [2.05, 4.69) is 60.3 Å². The molecule has 0 aliphatic heterocycles. The van der Waals surface area contributed by atoms with E-state index >= 15 is 0 Å². The van der Waals surface area contributed by atoms with Gasteiger partial charge in [0.1, 0.15) is 0 Å². The third-order valence-corrected chi connectivity index (χ3v) is 3.47. The van der Waals surface area contributed by atoms with Gasteiger partial charge in [0.05, 0.1) is 0 Å². The first-order chi connectivity index (χ1) is 9.72. The maximum absolute atomic E-state index is 5.06. The second-order valence-corrected chi connectivity index (χ2v) is 5.18. The highest BCUT2D eigenvalue weighted by molar-refractivity contribution is 5.44. The van der Waals surface area contributed by atoms with Crippen LogP contribution in [0, 0.1) is 13.8 Å². The molecule has 0 aliphatic carbocycles. The van der Waals surface area contributed by atoms with E-state index in [4.69, 9.17) is 4.74 Å². The summed E-state index contributed by atoms with van der Waals surface area (Å²) in [4.78, 5) is 0. The van der Waals surface area contributed by atoms with E-state index in [1.165, 1.54) is 22.5 Å². The van der Waals surface area contributed by atoms with Gasteiger partial charge in [0, 0.05) is 37.8 Å². The van der Waals surface area contributed by atoms with Crippen LogP contribution >= 0.6 is 0 Å². The number of nitrogens with one attached hydrogen (secondary N) is 1. The number of benzene rings is 1. The molecule has 0 radical (unpaired) electrons.